The summed E-state index contributed by atoms with van der Waals surface area (Å²) in [5, 5.41) is 9.42. The van der Waals surface area contributed by atoms with Gasteiger partial charge in [0.25, 0.3) is 0 Å². The molecular weight excluding hydrogens is 123 g/mol. The van der Waals surface area contributed by atoms with Gasteiger partial charge in [-0.15, -0.1) is 0 Å². The first-order valence-corrected chi connectivity index (χ1v) is 4.12. The highest BCUT2D eigenvalue weighted by atomic mass is 16.3. The van der Waals surface area contributed by atoms with Crippen molar-refractivity contribution in [2.24, 2.45) is 5.92 Å². The van der Waals surface area contributed by atoms with E-state index in [-0.39, 0.29) is 0 Å². The summed E-state index contributed by atoms with van der Waals surface area (Å²) >= 11 is 0. The molecule has 0 bridgehead atoms. The minimum Gasteiger partial charge on any atom is -0.400 e. The maximum absolute atomic E-state index is 9.42. The van der Waals surface area contributed by atoms with Crippen molar-refractivity contribution in [1.29, 1.82) is 0 Å². The molecule has 1 aliphatic rings. The Kier molecular flexibility index (Phi) is 2.40. The second-order valence-electron chi connectivity index (χ2n) is 3.56. The van der Waals surface area contributed by atoms with E-state index in [0.29, 0.717) is 5.92 Å². The van der Waals surface area contributed by atoms with E-state index in [2.05, 4.69) is 0 Å². The Morgan fingerprint density at radius 1 is 1.30 bits per heavy atom. The third-order valence-corrected chi connectivity index (χ3v) is 2.43. The van der Waals surface area contributed by atoms with E-state index >= 15 is 0 Å². The van der Waals surface area contributed by atoms with Crippen molar-refractivity contribution in [2.45, 2.75) is 44.5 Å². The van der Waals surface area contributed by atoms with Crippen molar-refractivity contribution < 1.29 is 5.11 Å². The molecule has 0 aliphatic heterocycles. The van der Waals surface area contributed by atoms with E-state index in [1.807, 2.05) is 0 Å². The Bertz CT molecular complexity index is 100. The van der Waals surface area contributed by atoms with Gasteiger partial charge in [0.15, 0.2) is 0 Å². The first-order chi connectivity index (χ1) is 4.61. The molecule has 1 rings (SSSR count). The summed E-state index contributed by atoms with van der Waals surface area (Å²) in [6.07, 6.45) is 5.98. The third-order valence-electron chi connectivity index (χ3n) is 2.43. The van der Waals surface area contributed by atoms with Crippen LogP contribution >= 0.6 is 0 Å². The van der Waals surface area contributed by atoms with Gasteiger partial charge in [-0.2, -0.15) is 0 Å². The van der Waals surface area contributed by atoms with Gasteiger partial charge in [0.1, 0.15) is 7.85 Å². The molecule has 56 valence electrons. The molecule has 1 unspecified atom stereocenters. The molecule has 1 N–H and O–H groups in total. The second-order valence-corrected chi connectivity index (χ2v) is 3.56. The quantitative estimate of drug-likeness (QED) is 0.543. The zero-order valence-corrected chi connectivity index (χ0v) is 6.64. The molecule has 0 amide bonds. The Hall–Kier alpha value is 0.0249. The molecule has 1 saturated carbocycles. The molecule has 0 aromatic rings. The predicted octanol–water partition coefficient (Wildman–Crippen LogP) is 1.44. The summed E-state index contributed by atoms with van der Waals surface area (Å²) in [4.78, 5) is 0. The topological polar surface area (TPSA) is 20.2 Å². The van der Waals surface area contributed by atoms with Crippen LogP contribution in [0.2, 0.25) is 0 Å². The smallest absolute Gasteiger partial charge is 0.113 e. The predicted molar refractivity (Wildman–Crippen MR) is 43.0 cm³/mol. The lowest BCUT2D eigenvalue weighted by molar-refractivity contribution is 0.0598. The fourth-order valence-electron chi connectivity index (χ4n) is 1.69. The van der Waals surface area contributed by atoms with E-state index in [9.17, 15) is 5.11 Å². The number of aliphatic hydroxyl groups is 1. The molecule has 1 nitrogen and oxygen atoms in total. The van der Waals surface area contributed by atoms with E-state index < -0.39 is 5.50 Å². The highest BCUT2D eigenvalue weighted by Gasteiger charge is 2.26. The maximum Gasteiger partial charge on any atom is 0.113 e. The molecule has 0 spiro atoms. The minimum absolute atomic E-state index is 0.334. The molecule has 1 atom stereocenters. The van der Waals surface area contributed by atoms with Crippen molar-refractivity contribution in [3.05, 3.63) is 0 Å². The van der Waals surface area contributed by atoms with Crippen molar-refractivity contribution >= 4 is 7.85 Å². The van der Waals surface area contributed by atoms with Crippen molar-refractivity contribution in [1.82, 2.24) is 0 Å². The van der Waals surface area contributed by atoms with Crippen molar-refractivity contribution in [3.8, 4) is 0 Å². The van der Waals surface area contributed by atoms with Gasteiger partial charge in [0.05, 0.1) is 0 Å². The minimum atomic E-state index is -0.930. The van der Waals surface area contributed by atoms with E-state index in [1.54, 1.807) is 6.92 Å². The summed E-state index contributed by atoms with van der Waals surface area (Å²) < 4.78 is 0. The summed E-state index contributed by atoms with van der Waals surface area (Å²) in [6.45, 7) is 1.71. The van der Waals surface area contributed by atoms with Gasteiger partial charge in [-0.05, 0) is 25.7 Å². The Labute approximate surface area is 64.2 Å². The zero-order valence-electron chi connectivity index (χ0n) is 6.64. The van der Waals surface area contributed by atoms with Crippen LogP contribution in [0.15, 0.2) is 0 Å². The first kappa shape index (κ1) is 8.12. The van der Waals surface area contributed by atoms with Gasteiger partial charge in [-0.25, -0.2) is 0 Å². The Morgan fingerprint density at radius 2 is 1.80 bits per heavy atom. The van der Waals surface area contributed by atoms with E-state index in [1.165, 1.54) is 19.3 Å². The van der Waals surface area contributed by atoms with Crippen LogP contribution in [0.25, 0.3) is 0 Å². The zero-order chi connectivity index (χ0) is 7.61. The molecule has 2 radical (unpaired) electrons. The lowest BCUT2D eigenvalue weighted by atomic mass is 9.67. The van der Waals surface area contributed by atoms with Crippen molar-refractivity contribution in [3.63, 3.8) is 0 Å². The van der Waals surface area contributed by atoms with Crippen LogP contribution in [-0.2, 0) is 0 Å². The third kappa shape index (κ3) is 2.01. The van der Waals surface area contributed by atoms with Crippen LogP contribution in [0.4, 0.5) is 0 Å². The van der Waals surface area contributed by atoms with E-state index in [4.69, 9.17) is 7.85 Å². The van der Waals surface area contributed by atoms with Gasteiger partial charge in [0.2, 0.25) is 0 Å². The Balaban J connectivity index is 2.39. The standard InChI is InChI=1S/C8H15BO/c1-8(9,10)7-5-3-2-4-6-7/h7,10H,2-6H2,1H3. The summed E-state index contributed by atoms with van der Waals surface area (Å²) in [5.41, 5.74) is -0.930. The van der Waals surface area contributed by atoms with Crippen LogP contribution in [0.3, 0.4) is 0 Å². The van der Waals surface area contributed by atoms with Crippen LogP contribution in [0.1, 0.15) is 39.0 Å². The van der Waals surface area contributed by atoms with Gasteiger partial charge in [0, 0.05) is 5.50 Å². The van der Waals surface area contributed by atoms with Gasteiger partial charge in [-0.1, -0.05) is 19.3 Å². The molecular formula is C8H15BO. The number of hydrogen-bond donors (Lipinski definition) is 1. The molecule has 0 aromatic carbocycles. The fraction of sp³-hybridized carbons (Fsp3) is 1.00. The van der Waals surface area contributed by atoms with Gasteiger partial charge >= 0.3 is 0 Å². The van der Waals surface area contributed by atoms with E-state index in [0.717, 1.165) is 12.8 Å². The van der Waals surface area contributed by atoms with Crippen molar-refractivity contribution in [2.75, 3.05) is 0 Å². The summed E-state index contributed by atoms with van der Waals surface area (Å²) in [7, 11) is 5.57. The molecule has 0 aromatic heterocycles. The SMILES string of the molecule is [B]C(C)(O)C1CCCCC1. The first-order valence-electron chi connectivity index (χ1n) is 4.12. The lowest BCUT2D eigenvalue weighted by Crippen LogP contribution is -2.36. The lowest BCUT2D eigenvalue weighted by Gasteiger charge is -2.32. The molecule has 1 aliphatic carbocycles. The molecule has 0 heterocycles. The highest BCUT2D eigenvalue weighted by Crippen LogP contribution is 2.30. The average molecular weight is 138 g/mol. The van der Waals surface area contributed by atoms with Crippen LogP contribution in [0.5, 0.6) is 0 Å². The summed E-state index contributed by atoms with van der Waals surface area (Å²) in [6, 6.07) is 0. The molecule has 10 heavy (non-hydrogen) atoms. The maximum atomic E-state index is 9.42. The largest absolute Gasteiger partial charge is 0.400 e. The Morgan fingerprint density at radius 3 is 2.10 bits per heavy atom. The molecule has 2 heteroatoms. The summed E-state index contributed by atoms with van der Waals surface area (Å²) in [5.74, 6) is 0.334. The molecule has 0 saturated heterocycles. The monoisotopic (exact) mass is 138 g/mol. The van der Waals surface area contributed by atoms with Crippen LogP contribution in [0, 0.1) is 5.92 Å². The number of hydrogen-bond acceptors (Lipinski definition) is 1. The fourth-order valence-corrected chi connectivity index (χ4v) is 1.69. The normalized spacial score (nSPS) is 27.8. The highest BCUT2D eigenvalue weighted by molar-refractivity contribution is 6.14. The van der Waals surface area contributed by atoms with Crippen LogP contribution in [-0.4, -0.2) is 18.5 Å². The van der Waals surface area contributed by atoms with Crippen LogP contribution < -0.4 is 0 Å². The van der Waals surface area contributed by atoms with Gasteiger partial charge in [-0.3, -0.25) is 0 Å². The number of rotatable bonds is 1. The molecule has 1 fully saturated rings. The van der Waals surface area contributed by atoms with Gasteiger partial charge < -0.3 is 5.11 Å². The second kappa shape index (κ2) is 2.95. The average Bonchev–Trinajstić information content (AvgIpc) is 1.88.